The molecule has 2 N–H and O–H groups in total. The second kappa shape index (κ2) is 8.29. The third kappa shape index (κ3) is 3.91. The fourth-order valence-corrected chi connectivity index (χ4v) is 3.57. The molecule has 4 rings (SSSR count). The first-order valence-electron chi connectivity index (χ1n) is 9.60. The SMILES string of the molecule is C=Cc1ncc(-c2ccc(-c3ccc(C(=O)OC)c(C4=CCNCC4)c3)cc2)[nH]1. The first-order chi connectivity index (χ1) is 14.2. The van der Waals surface area contributed by atoms with Crippen LogP contribution in [0.3, 0.4) is 0 Å². The summed E-state index contributed by atoms with van der Waals surface area (Å²) in [5, 5.41) is 3.31. The standard InChI is InChI=1S/C24H23N3O2/c1-3-23-26-15-22(27-23)18-6-4-16(5-7-18)19-8-9-20(24(28)29-2)21(14-19)17-10-12-25-13-11-17/h3-10,14-15,25H,1,11-13H2,2H3,(H,26,27). The van der Waals surface area contributed by atoms with E-state index in [-0.39, 0.29) is 5.97 Å². The zero-order valence-corrected chi connectivity index (χ0v) is 16.4. The van der Waals surface area contributed by atoms with Crippen molar-refractivity contribution in [3.63, 3.8) is 0 Å². The van der Waals surface area contributed by atoms with E-state index in [1.54, 1.807) is 12.3 Å². The summed E-state index contributed by atoms with van der Waals surface area (Å²) >= 11 is 0. The summed E-state index contributed by atoms with van der Waals surface area (Å²) in [6.07, 6.45) is 6.53. The lowest BCUT2D eigenvalue weighted by atomic mass is 9.91. The molecule has 0 fully saturated rings. The molecule has 1 aromatic heterocycles. The Balaban J connectivity index is 1.70. The van der Waals surface area contributed by atoms with Gasteiger partial charge in [0.1, 0.15) is 5.82 Å². The minimum absolute atomic E-state index is 0.307. The topological polar surface area (TPSA) is 67.0 Å². The summed E-state index contributed by atoms with van der Waals surface area (Å²) in [6.45, 7) is 5.45. The van der Waals surface area contributed by atoms with Crippen molar-refractivity contribution in [2.75, 3.05) is 20.2 Å². The lowest BCUT2D eigenvalue weighted by molar-refractivity contribution is 0.0600. The Kier molecular flexibility index (Phi) is 5.40. The fourth-order valence-electron chi connectivity index (χ4n) is 3.57. The molecule has 0 radical (unpaired) electrons. The predicted octanol–water partition coefficient (Wildman–Crippen LogP) is 4.55. The van der Waals surface area contributed by atoms with Crippen molar-refractivity contribution in [3.05, 3.63) is 78.3 Å². The molecule has 2 heterocycles. The number of hydrogen-bond acceptors (Lipinski definition) is 4. The molecule has 1 aliphatic rings. The zero-order chi connectivity index (χ0) is 20.2. The molecule has 29 heavy (non-hydrogen) atoms. The minimum Gasteiger partial charge on any atom is -0.465 e. The maximum Gasteiger partial charge on any atom is 0.338 e. The van der Waals surface area contributed by atoms with Gasteiger partial charge in [0.25, 0.3) is 0 Å². The van der Waals surface area contributed by atoms with Crippen LogP contribution in [-0.4, -0.2) is 36.1 Å². The van der Waals surface area contributed by atoms with E-state index in [9.17, 15) is 4.79 Å². The first kappa shape index (κ1) is 18.9. The smallest absolute Gasteiger partial charge is 0.338 e. The molecule has 1 aliphatic heterocycles. The number of H-pyrrole nitrogens is 1. The third-order valence-electron chi connectivity index (χ3n) is 5.15. The van der Waals surface area contributed by atoms with E-state index in [1.807, 2.05) is 12.1 Å². The Bertz CT molecular complexity index is 1080. The highest BCUT2D eigenvalue weighted by atomic mass is 16.5. The Morgan fingerprint density at radius 2 is 1.90 bits per heavy atom. The van der Waals surface area contributed by atoms with Crippen LogP contribution in [0.15, 0.2) is 61.3 Å². The number of ether oxygens (including phenoxy) is 1. The summed E-state index contributed by atoms with van der Waals surface area (Å²) < 4.78 is 4.99. The van der Waals surface area contributed by atoms with Gasteiger partial charge in [0.05, 0.1) is 24.6 Å². The van der Waals surface area contributed by atoms with Gasteiger partial charge in [-0.3, -0.25) is 0 Å². The van der Waals surface area contributed by atoms with Gasteiger partial charge in [0.2, 0.25) is 0 Å². The number of nitrogens with zero attached hydrogens (tertiary/aromatic N) is 1. The number of benzene rings is 2. The molecule has 3 aromatic rings. The molecule has 0 amide bonds. The fraction of sp³-hybridized carbons (Fsp3) is 0.167. The molecule has 0 saturated carbocycles. The summed E-state index contributed by atoms with van der Waals surface area (Å²) in [6, 6.07) is 14.2. The van der Waals surface area contributed by atoms with Gasteiger partial charge in [-0.05, 0) is 59.0 Å². The van der Waals surface area contributed by atoms with Crippen molar-refractivity contribution in [2.24, 2.45) is 0 Å². The van der Waals surface area contributed by atoms with E-state index in [0.717, 1.165) is 53.3 Å². The number of carbonyl (C=O) groups excluding carboxylic acids is 1. The van der Waals surface area contributed by atoms with Crippen LogP contribution in [0.2, 0.25) is 0 Å². The zero-order valence-electron chi connectivity index (χ0n) is 16.4. The first-order valence-corrected chi connectivity index (χ1v) is 9.60. The van der Waals surface area contributed by atoms with Crippen molar-refractivity contribution < 1.29 is 9.53 Å². The molecule has 0 unspecified atom stereocenters. The monoisotopic (exact) mass is 385 g/mol. The van der Waals surface area contributed by atoms with Crippen molar-refractivity contribution in [3.8, 4) is 22.4 Å². The lowest BCUT2D eigenvalue weighted by Gasteiger charge is -2.18. The van der Waals surface area contributed by atoms with E-state index in [0.29, 0.717) is 5.56 Å². The Morgan fingerprint density at radius 3 is 2.55 bits per heavy atom. The number of aromatic nitrogens is 2. The highest BCUT2D eigenvalue weighted by Gasteiger charge is 2.17. The molecule has 0 atom stereocenters. The maximum absolute atomic E-state index is 12.3. The van der Waals surface area contributed by atoms with Crippen LogP contribution in [-0.2, 0) is 4.74 Å². The highest BCUT2D eigenvalue weighted by molar-refractivity contribution is 5.96. The van der Waals surface area contributed by atoms with Crippen LogP contribution in [0.4, 0.5) is 0 Å². The van der Waals surface area contributed by atoms with E-state index >= 15 is 0 Å². The second-order valence-corrected chi connectivity index (χ2v) is 6.90. The summed E-state index contributed by atoms with van der Waals surface area (Å²) in [5.41, 5.74) is 6.89. The molecule has 5 nitrogen and oxygen atoms in total. The van der Waals surface area contributed by atoms with Crippen LogP contribution in [0.25, 0.3) is 34.0 Å². The van der Waals surface area contributed by atoms with Gasteiger partial charge in [-0.25, -0.2) is 9.78 Å². The molecule has 0 bridgehead atoms. The molecule has 5 heteroatoms. The number of aromatic amines is 1. The molecule has 2 aromatic carbocycles. The van der Waals surface area contributed by atoms with Crippen molar-refractivity contribution >= 4 is 17.6 Å². The van der Waals surface area contributed by atoms with Gasteiger partial charge in [-0.15, -0.1) is 0 Å². The lowest BCUT2D eigenvalue weighted by Crippen LogP contribution is -2.20. The molecule has 0 aliphatic carbocycles. The van der Waals surface area contributed by atoms with Gasteiger partial charge >= 0.3 is 5.97 Å². The third-order valence-corrected chi connectivity index (χ3v) is 5.15. The van der Waals surface area contributed by atoms with Gasteiger partial charge in [-0.2, -0.15) is 0 Å². The normalized spacial score (nSPS) is 13.6. The Labute approximate surface area is 170 Å². The van der Waals surface area contributed by atoms with Crippen molar-refractivity contribution in [1.29, 1.82) is 0 Å². The molecular weight excluding hydrogens is 362 g/mol. The Hall–Kier alpha value is -3.44. The van der Waals surface area contributed by atoms with Gasteiger partial charge in [-0.1, -0.05) is 43.0 Å². The number of imidazole rings is 1. The molecule has 146 valence electrons. The number of carbonyl (C=O) groups is 1. The van der Waals surface area contributed by atoms with E-state index in [2.05, 4.69) is 58.3 Å². The van der Waals surface area contributed by atoms with Crippen molar-refractivity contribution in [2.45, 2.75) is 6.42 Å². The molecular formula is C24H23N3O2. The quantitative estimate of drug-likeness (QED) is 0.633. The molecule has 0 saturated heterocycles. The number of nitrogens with one attached hydrogen (secondary N) is 2. The average molecular weight is 385 g/mol. The van der Waals surface area contributed by atoms with Gasteiger partial charge in [0, 0.05) is 6.54 Å². The van der Waals surface area contributed by atoms with Crippen molar-refractivity contribution in [1.82, 2.24) is 15.3 Å². The number of rotatable bonds is 5. The van der Waals surface area contributed by atoms with E-state index in [4.69, 9.17) is 4.74 Å². The number of esters is 1. The van der Waals surface area contributed by atoms with Crippen LogP contribution in [0.1, 0.15) is 28.2 Å². The average Bonchev–Trinajstić information content (AvgIpc) is 3.28. The number of hydrogen-bond donors (Lipinski definition) is 2. The van der Waals surface area contributed by atoms with E-state index < -0.39 is 0 Å². The van der Waals surface area contributed by atoms with Crippen LogP contribution >= 0.6 is 0 Å². The van der Waals surface area contributed by atoms with E-state index in [1.165, 1.54) is 12.7 Å². The maximum atomic E-state index is 12.3. The summed E-state index contributed by atoms with van der Waals surface area (Å²) in [5.74, 6) is 0.445. The van der Waals surface area contributed by atoms with Crippen LogP contribution in [0, 0.1) is 0 Å². The van der Waals surface area contributed by atoms with Gasteiger partial charge < -0.3 is 15.0 Å². The Morgan fingerprint density at radius 1 is 1.14 bits per heavy atom. The largest absolute Gasteiger partial charge is 0.465 e. The second-order valence-electron chi connectivity index (χ2n) is 6.90. The van der Waals surface area contributed by atoms with Crippen LogP contribution in [0.5, 0.6) is 0 Å². The van der Waals surface area contributed by atoms with Crippen LogP contribution < -0.4 is 5.32 Å². The molecule has 0 spiro atoms. The highest BCUT2D eigenvalue weighted by Crippen LogP contribution is 2.31. The summed E-state index contributed by atoms with van der Waals surface area (Å²) in [4.78, 5) is 19.8. The van der Waals surface area contributed by atoms with Gasteiger partial charge in [0.15, 0.2) is 0 Å². The predicted molar refractivity (Wildman–Crippen MR) is 116 cm³/mol. The minimum atomic E-state index is -0.307. The number of methoxy groups -OCH3 is 1. The summed E-state index contributed by atoms with van der Waals surface area (Å²) in [7, 11) is 1.42.